The minimum atomic E-state index is 0.453. The number of nitrogens with one attached hydrogen (secondary N) is 1. The molecule has 0 aromatic carbocycles. The van der Waals surface area contributed by atoms with Crippen LogP contribution in [0, 0.1) is 6.92 Å². The van der Waals surface area contributed by atoms with Crippen LogP contribution in [0.1, 0.15) is 29.1 Å². The first-order chi connectivity index (χ1) is 9.11. The lowest BCUT2D eigenvalue weighted by molar-refractivity contribution is 0.181. The zero-order valence-electron chi connectivity index (χ0n) is 12.6. The molecule has 0 amide bonds. The maximum absolute atomic E-state index is 3.70. The quantitative estimate of drug-likeness (QED) is 0.914. The predicted molar refractivity (Wildman–Crippen MR) is 84.0 cm³/mol. The van der Waals surface area contributed by atoms with E-state index in [0.29, 0.717) is 12.1 Å². The SMILES string of the molecule is CCNC(c1ccc(C)s1)C1CN(C)CCCN1C. The van der Waals surface area contributed by atoms with E-state index in [1.165, 1.54) is 29.3 Å². The van der Waals surface area contributed by atoms with Crippen molar-refractivity contribution in [3.63, 3.8) is 0 Å². The fraction of sp³-hybridized carbons (Fsp3) is 0.733. The van der Waals surface area contributed by atoms with E-state index in [2.05, 4.69) is 55.2 Å². The molecule has 1 saturated heterocycles. The molecule has 1 N–H and O–H groups in total. The summed E-state index contributed by atoms with van der Waals surface area (Å²) in [6.45, 7) is 8.97. The first-order valence-electron chi connectivity index (χ1n) is 7.30. The standard InChI is InChI=1S/C15H27N3S/c1-5-16-15(14-8-7-12(2)19-14)13-11-17(3)9-6-10-18(13)4/h7-8,13,15-16H,5-6,9-11H2,1-4H3. The smallest absolute Gasteiger partial charge is 0.0585 e. The lowest BCUT2D eigenvalue weighted by atomic mass is 10.0. The fourth-order valence-corrected chi connectivity index (χ4v) is 3.94. The van der Waals surface area contributed by atoms with Crippen molar-refractivity contribution < 1.29 is 0 Å². The van der Waals surface area contributed by atoms with Crippen LogP contribution in [0.15, 0.2) is 12.1 Å². The van der Waals surface area contributed by atoms with Crippen molar-refractivity contribution in [1.82, 2.24) is 15.1 Å². The number of rotatable bonds is 4. The molecule has 108 valence electrons. The molecule has 2 unspecified atom stereocenters. The van der Waals surface area contributed by atoms with Gasteiger partial charge >= 0.3 is 0 Å². The maximum Gasteiger partial charge on any atom is 0.0585 e. The molecule has 2 rings (SSSR count). The van der Waals surface area contributed by atoms with Crippen LogP contribution < -0.4 is 5.32 Å². The number of hydrogen-bond donors (Lipinski definition) is 1. The first-order valence-corrected chi connectivity index (χ1v) is 8.12. The third-order valence-electron chi connectivity index (χ3n) is 3.99. The van der Waals surface area contributed by atoms with Crippen LogP contribution in [0.5, 0.6) is 0 Å². The van der Waals surface area contributed by atoms with Crippen LogP contribution >= 0.6 is 11.3 Å². The highest BCUT2D eigenvalue weighted by Gasteiger charge is 2.29. The first kappa shape index (κ1) is 15.0. The molecule has 0 aliphatic carbocycles. The Labute approximate surface area is 121 Å². The third-order valence-corrected chi connectivity index (χ3v) is 5.08. The van der Waals surface area contributed by atoms with Crippen LogP contribution in [0.4, 0.5) is 0 Å². The highest BCUT2D eigenvalue weighted by atomic mass is 32.1. The Hall–Kier alpha value is -0.420. The second-order valence-electron chi connectivity index (χ2n) is 5.65. The highest BCUT2D eigenvalue weighted by molar-refractivity contribution is 7.12. The summed E-state index contributed by atoms with van der Waals surface area (Å²) in [5.74, 6) is 0. The van der Waals surface area contributed by atoms with Gasteiger partial charge in [0.2, 0.25) is 0 Å². The summed E-state index contributed by atoms with van der Waals surface area (Å²) in [7, 11) is 4.52. The van der Waals surface area contributed by atoms with E-state index >= 15 is 0 Å². The van der Waals surface area contributed by atoms with E-state index in [9.17, 15) is 0 Å². The van der Waals surface area contributed by atoms with Crippen molar-refractivity contribution >= 4 is 11.3 Å². The van der Waals surface area contributed by atoms with Gasteiger partial charge < -0.3 is 15.1 Å². The Morgan fingerprint density at radius 2 is 2.16 bits per heavy atom. The molecule has 1 aliphatic heterocycles. The summed E-state index contributed by atoms with van der Waals surface area (Å²) < 4.78 is 0. The van der Waals surface area contributed by atoms with Crippen LogP contribution in [-0.2, 0) is 0 Å². The second kappa shape index (κ2) is 6.84. The van der Waals surface area contributed by atoms with Crippen LogP contribution in [-0.4, -0.2) is 56.1 Å². The van der Waals surface area contributed by atoms with Crippen molar-refractivity contribution in [3.8, 4) is 0 Å². The molecule has 3 nitrogen and oxygen atoms in total. The molecule has 0 radical (unpaired) electrons. The molecular weight excluding hydrogens is 254 g/mol. The van der Waals surface area contributed by atoms with Crippen LogP contribution in [0.3, 0.4) is 0 Å². The summed E-state index contributed by atoms with van der Waals surface area (Å²) in [5, 5.41) is 3.70. The van der Waals surface area contributed by atoms with E-state index in [-0.39, 0.29) is 0 Å². The van der Waals surface area contributed by atoms with E-state index in [1.54, 1.807) is 0 Å². The maximum atomic E-state index is 3.70. The van der Waals surface area contributed by atoms with Crippen molar-refractivity contribution in [2.75, 3.05) is 40.3 Å². The molecule has 1 aromatic rings. The molecule has 1 aromatic heterocycles. The average Bonchev–Trinajstić information content (AvgIpc) is 2.72. The molecule has 2 heterocycles. The average molecular weight is 281 g/mol. The topological polar surface area (TPSA) is 18.5 Å². The minimum Gasteiger partial charge on any atom is -0.308 e. The molecule has 1 aliphatic rings. The Morgan fingerprint density at radius 3 is 2.79 bits per heavy atom. The normalized spacial score (nSPS) is 24.3. The summed E-state index contributed by atoms with van der Waals surface area (Å²) in [5.41, 5.74) is 0. The molecular formula is C15H27N3S. The largest absolute Gasteiger partial charge is 0.308 e. The summed E-state index contributed by atoms with van der Waals surface area (Å²) >= 11 is 1.93. The Morgan fingerprint density at radius 1 is 1.37 bits per heavy atom. The number of thiophene rings is 1. The van der Waals surface area contributed by atoms with E-state index in [0.717, 1.165) is 13.1 Å². The molecule has 4 heteroatoms. The van der Waals surface area contributed by atoms with Crippen LogP contribution in [0.25, 0.3) is 0 Å². The summed E-state index contributed by atoms with van der Waals surface area (Å²) in [6, 6.07) is 5.55. The monoisotopic (exact) mass is 281 g/mol. The predicted octanol–water partition coefficient (Wildman–Crippen LogP) is 2.34. The van der Waals surface area contributed by atoms with Gasteiger partial charge in [0.1, 0.15) is 0 Å². The van der Waals surface area contributed by atoms with Crippen molar-refractivity contribution in [2.45, 2.75) is 32.4 Å². The molecule has 2 atom stereocenters. The van der Waals surface area contributed by atoms with Gasteiger partial charge in [0.15, 0.2) is 0 Å². The second-order valence-corrected chi connectivity index (χ2v) is 6.97. The number of hydrogen-bond acceptors (Lipinski definition) is 4. The van der Waals surface area contributed by atoms with Gasteiger partial charge in [-0.1, -0.05) is 6.92 Å². The third kappa shape index (κ3) is 3.78. The molecule has 1 fully saturated rings. The van der Waals surface area contributed by atoms with E-state index < -0.39 is 0 Å². The van der Waals surface area contributed by atoms with Gasteiger partial charge in [-0.25, -0.2) is 0 Å². The van der Waals surface area contributed by atoms with E-state index in [4.69, 9.17) is 0 Å². The molecule has 0 saturated carbocycles. The van der Waals surface area contributed by atoms with Gasteiger partial charge in [-0.3, -0.25) is 0 Å². The molecule has 19 heavy (non-hydrogen) atoms. The van der Waals surface area contributed by atoms with Gasteiger partial charge in [-0.2, -0.15) is 0 Å². The van der Waals surface area contributed by atoms with Gasteiger partial charge in [0, 0.05) is 22.3 Å². The minimum absolute atomic E-state index is 0.453. The zero-order valence-corrected chi connectivity index (χ0v) is 13.5. The number of likely N-dealkylation sites (N-methyl/N-ethyl adjacent to an activating group) is 3. The van der Waals surface area contributed by atoms with Crippen molar-refractivity contribution in [3.05, 3.63) is 21.9 Å². The van der Waals surface area contributed by atoms with Gasteiger partial charge in [-0.05, 0) is 59.2 Å². The number of nitrogens with zero attached hydrogens (tertiary/aromatic N) is 2. The highest BCUT2D eigenvalue weighted by Crippen LogP contribution is 2.28. The van der Waals surface area contributed by atoms with Gasteiger partial charge in [-0.15, -0.1) is 11.3 Å². The zero-order chi connectivity index (χ0) is 13.8. The van der Waals surface area contributed by atoms with Gasteiger partial charge in [0.05, 0.1) is 6.04 Å². The summed E-state index contributed by atoms with van der Waals surface area (Å²) in [4.78, 5) is 7.89. The van der Waals surface area contributed by atoms with Gasteiger partial charge in [0.25, 0.3) is 0 Å². The van der Waals surface area contributed by atoms with Crippen LogP contribution in [0.2, 0.25) is 0 Å². The Bertz CT molecular complexity index is 390. The van der Waals surface area contributed by atoms with Crippen molar-refractivity contribution in [2.24, 2.45) is 0 Å². The lowest BCUT2D eigenvalue weighted by Gasteiger charge is -2.34. The number of aryl methyl sites for hydroxylation is 1. The summed E-state index contributed by atoms with van der Waals surface area (Å²) in [6.07, 6.45) is 1.27. The molecule has 0 bridgehead atoms. The lowest BCUT2D eigenvalue weighted by Crippen LogP contribution is -2.46. The molecule has 0 spiro atoms. The van der Waals surface area contributed by atoms with Crippen molar-refractivity contribution in [1.29, 1.82) is 0 Å². The Kier molecular flexibility index (Phi) is 5.39. The van der Waals surface area contributed by atoms with E-state index in [1.807, 2.05) is 11.3 Å². The Balaban J connectivity index is 2.20. The fourth-order valence-electron chi connectivity index (χ4n) is 2.93.